The Morgan fingerprint density at radius 2 is 1.83 bits per heavy atom. The third-order valence-corrected chi connectivity index (χ3v) is 5.43. The number of hydrogen-bond donors (Lipinski definition) is 1. The molecule has 0 bridgehead atoms. The van der Waals surface area contributed by atoms with Crippen LogP contribution in [0, 0.1) is 0 Å². The van der Waals surface area contributed by atoms with Crippen molar-refractivity contribution in [1.82, 2.24) is 10.2 Å². The Kier molecular flexibility index (Phi) is 6.08. The molecule has 29 heavy (non-hydrogen) atoms. The van der Waals surface area contributed by atoms with E-state index in [1.54, 1.807) is 7.11 Å². The van der Waals surface area contributed by atoms with E-state index in [9.17, 15) is 4.79 Å². The molecule has 1 atom stereocenters. The van der Waals surface area contributed by atoms with Crippen molar-refractivity contribution in [3.8, 4) is 5.75 Å². The Morgan fingerprint density at radius 1 is 1.03 bits per heavy atom. The molecule has 1 aliphatic rings. The van der Waals surface area contributed by atoms with E-state index < -0.39 is 0 Å². The fourth-order valence-electron chi connectivity index (χ4n) is 3.82. The van der Waals surface area contributed by atoms with Crippen LogP contribution in [0.1, 0.15) is 22.0 Å². The molecule has 0 radical (unpaired) electrons. The first kappa shape index (κ1) is 19.4. The Bertz CT molecular complexity index is 983. The minimum Gasteiger partial charge on any atom is -0.497 e. The number of fused-ring (bicyclic) bond motifs is 1. The van der Waals surface area contributed by atoms with Gasteiger partial charge in [-0.15, -0.1) is 0 Å². The van der Waals surface area contributed by atoms with Crippen LogP contribution in [0.5, 0.6) is 5.75 Å². The maximum absolute atomic E-state index is 12.9. The third-order valence-electron chi connectivity index (χ3n) is 5.43. The lowest BCUT2D eigenvalue weighted by atomic mass is 10.0. The molecule has 4 rings (SSSR count). The monoisotopic (exact) mass is 390 g/mol. The summed E-state index contributed by atoms with van der Waals surface area (Å²) in [5.74, 6) is 0.763. The molecule has 0 spiro atoms. The molecule has 1 saturated heterocycles. The predicted molar refractivity (Wildman–Crippen MR) is 114 cm³/mol. The smallest absolute Gasteiger partial charge is 0.251 e. The van der Waals surface area contributed by atoms with Gasteiger partial charge < -0.3 is 14.8 Å². The van der Waals surface area contributed by atoms with E-state index in [0.29, 0.717) is 25.3 Å². The SMILES string of the molecule is COc1cccc(C(CNC(=O)c2ccc3ccccc3c2)N2CCOCC2)c1. The lowest BCUT2D eigenvalue weighted by Crippen LogP contribution is -2.43. The van der Waals surface area contributed by atoms with Crippen molar-refractivity contribution in [1.29, 1.82) is 0 Å². The zero-order chi connectivity index (χ0) is 20.1. The second kappa shape index (κ2) is 9.07. The van der Waals surface area contributed by atoms with E-state index in [0.717, 1.165) is 35.2 Å². The molecule has 5 heteroatoms. The van der Waals surface area contributed by atoms with Gasteiger partial charge >= 0.3 is 0 Å². The van der Waals surface area contributed by atoms with Gasteiger partial charge in [0.1, 0.15) is 5.75 Å². The van der Waals surface area contributed by atoms with Gasteiger partial charge in [-0.05, 0) is 40.6 Å². The normalized spacial score (nSPS) is 15.8. The van der Waals surface area contributed by atoms with E-state index in [2.05, 4.69) is 16.3 Å². The van der Waals surface area contributed by atoms with Gasteiger partial charge in [-0.1, -0.05) is 42.5 Å². The fraction of sp³-hybridized carbons (Fsp3) is 0.292. The highest BCUT2D eigenvalue weighted by molar-refractivity contribution is 5.98. The second-order valence-electron chi connectivity index (χ2n) is 7.21. The van der Waals surface area contributed by atoms with Crippen molar-refractivity contribution >= 4 is 16.7 Å². The average Bonchev–Trinajstić information content (AvgIpc) is 2.79. The topological polar surface area (TPSA) is 50.8 Å². The highest BCUT2D eigenvalue weighted by Crippen LogP contribution is 2.25. The maximum atomic E-state index is 12.9. The highest BCUT2D eigenvalue weighted by Gasteiger charge is 2.24. The number of ether oxygens (including phenoxy) is 2. The van der Waals surface area contributed by atoms with Crippen molar-refractivity contribution in [2.75, 3.05) is 40.0 Å². The molecule has 1 amide bonds. The molecular weight excluding hydrogens is 364 g/mol. The summed E-state index contributed by atoms with van der Waals surface area (Å²) in [6, 6.07) is 22.0. The first-order valence-corrected chi connectivity index (χ1v) is 9.97. The quantitative estimate of drug-likeness (QED) is 0.698. The molecule has 1 N–H and O–H groups in total. The summed E-state index contributed by atoms with van der Waals surface area (Å²) in [5, 5.41) is 5.33. The molecule has 0 saturated carbocycles. The van der Waals surface area contributed by atoms with Crippen LogP contribution in [0.3, 0.4) is 0 Å². The van der Waals surface area contributed by atoms with Crippen LogP contribution in [0.25, 0.3) is 10.8 Å². The molecule has 1 aliphatic heterocycles. The fourth-order valence-corrected chi connectivity index (χ4v) is 3.82. The van der Waals surface area contributed by atoms with E-state index >= 15 is 0 Å². The van der Waals surface area contributed by atoms with Crippen molar-refractivity contribution < 1.29 is 14.3 Å². The number of rotatable bonds is 6. The second-order valence-corrected chi connectivity index (χ2v) is 7.21. The van der Waals surface area contributed by atoms with Crippen molar-refractivity contribution in [3.05, 3.63) is 77.9 Å². The Morgan fingerprint density at radius 3 is 2.62 bits per heavy atom. The third kappa shape index (κ3) is 4.58. The lowest BCUT2D eigenvalue weighted by molar-refractivity contribution is 0.0162. The van der Waals surface area contributed by atoms with Crippen LogP contribution < -0.4 is 10.1 Å². The highest BCUT2D eigenvalue weighted by atomic mass is 16.5. The molecular formula is C24H26N2O3. The molecule has 1 fully saturated rings. The number of hydrogen-bond acceptors (Lipinski definition) is 4. The number of morpholine rings is 1. The van der Waals surface area contributed by atoms with Gasteiger partial charge in [-0.25, -0.2) is 0 Å². The number of amides is 1. The summed E-state index contributed by atoms with van der Waals surface area (Å²) in [7, 11) is 1.67. The van der Waals surface area contributed by atoms with Gasteiger partial charge in [0.2, 0.25) is 0 Å². The number of benzene rings is 3. The van der Waals surface area contributed by atoms with Gasteiger partial charge in [0.25, 0.3) is 5.91 Å². The summed E-state index contributed by atoms with van der Waals surface area (Å²) in [6.07, 6.45) is 0. The van der Waals surface area contributed by atoms with Crippen LogP contribution in [0.15, 0.2) is 66.7 Å². The molecule has 5 nitrogen and oxygen atoms in total. The largest absolute Gasteiger partial charge is 0.497 e. The zero-order valence-corrected chi connectivity index (χ0v) is 16.6. The number of nitrogens with one attached hydrogen (secondary N) is 1. The zero-order valence-electron chi connectivity index (χ0n) is 16.6. The number of nitrogens with zero attached hydrogens (tertiary/aromatic N) is 1. The summed E-state index contributed by atoms with van der Waals surface area (Å²) in [6.45, 7) is 3.62. The Balaban J connectivity index is 1.52. The molecule has 1 unspecified atom stereocenters. The molecule has 3 aromatic rings. The van der Waals surface area contributed by atoms with E-state index in [-0.39, 0.29) is 11.9 Å². The molecule has 0 aromatic heterocycles. The molecule has 1 heterocycles. The molecule has 0 aliphatic carbocycles. The van der Waals surface area contributed by atoms with Gasteiger partial charge in [0.15, 0.2) is 0 Å². The van der Waals surface area contributed by atoms with Crippen LogP contribution in [-0.4, -0.2) is 50.8 Å². The lowest BCUT2D eigenvalue weighted by Gasteiger charge is -2.35. The Hall–Kier alpha value is -2.89. The van der Waals surface area contributed by atoms with Gasteiger partial charge in [0, 0.05) is 25.2 Å². The number of methoxy groups -OCH3 is 1. The maximum Gasteiger partial charge on any atom is 0.251 e. The predicted octanol–water partition coefficient (Wildman–Crippen LogP) is 3.65. The summed E-state index contributed by atoms with van der Waals surface area (Å²) < 4.78 is 10.9. The Labute approximate surface area is 171 Å². The first-order valence-electron chi connectivity index (χ1n) is 9.97. The minimum absolute atomic E-state index is 0.0584. The van der Waals surface area contributed by atoms with Gasteiger partial charge in [-0.2, -0.15) is 0 Å². The summed E-state index contributed by atoms with van der Waals surface area (Å²) >= 11 is 0. The average molecular weight is 390 g/mol. The minimum atomic E-state index is -0.0584. The van der Waals surface area contributed by atoms with Gasteiger partial charge in [0.05, 0.1) is 26.4 Å². The van der Waals surface area contributed by atoms with E-state index in [4.69, 9.17) is 9.47 Å². The molecule has 3 aromatic carbocycles. The molecule has 150 valence electrons. The standard InChI is InChI=1S/C24H26N2O3/c1-28-22-8-4-7-20(16-22)23(26-11-13-29-14-12-26)17-25-24(27)21-10-9-18-5-2-3-6-19(18)15-21/h2-10,15-16,23H,11-14,17H2,1H3,(H,25,27). The van der Waals surface area contributed by atoms with Crippen LogP contribution >= 0.6 is 0 Å². The number of carbonyl (C=O) groups is 1. The van der Waals surface area contributed by atoms with E-state index in [1.165, 1.54) is 0 Å². The first-order chi connectivity index (χ1) is 14.2. The summed E-state index contributed by atoms with van der Waals surface area (Å²) in [5.41, 5.74) is 1.81. The van der Waals surface area contributed by atoms with Crippen LogP contribution in [-0.2, 0) is 4.74 Å². The van der Waals surface area contributed by atoms with Crippen molar-refractivity contribution in [3.63, 3.8) is 0 Å². The van der Waals surface area contributed by atoms with Crippen LogP contribution in [0.4, 0.5) is 0 Å². The van der Waals surface area contributed by atoms with Crippen LogP contribution in [0.2, 0.25) is 0 Å². The van der Waals surface area contributed by atoms with E-state index in [1.807, 2.05) is 60.7 Å². The number of carbonyl (C=O) groups excluding carboxylic acids is 1. The summed E-state index contributed by atoms with van der Waals surface area (Å²) in [4.78, 5) is 15.2. The van der Waals surface area contributed by atoms with Gasteiger partial charge in [-0.3, -0.25) is 9.69 Å². The van der Waals surface area contributed by atoms with Crippen molar-refractivity contribution in [2.24, 2.45) is 0 Å². The van der Waals surface area contributed by atoms with Crippen molar-refractivity contribution in [2.45, 2.75) is 6.04 Å².